The summed E-state index contributed by atoms with van der Waals surface area (Å²) >= 11 is 0. The summed E-state index contributed by atoms with van der Waals surface area (Å²) in [7, 11) is 1.45. The number of rotatable bonds is 4. The minimum absolute atomic E-state index is 0.251. The lowest BCUT2D eigenvalue weighted by Crippen LogP contribution is -2.30. The van der Waals surface area contributed by atoms with E-state index in [-0.39, 0.29) is 11.4 Å². The van der Waals surface area contributed by atoms with Gasteiger partial charge in [-0.05, 0) is 36.2 Å². The molecular formula is C15H16F2N2O. The largest absolute Gasteiger partial charge is 0.496 e. The highest BCUT2D eigenvalue weighted by Crippen LogP contribution is 2.32. The predicted octanol–water partition coefficient (Wildman–Crippen LogP) is 2.83. The lowest BCUT2D eigenvalue weighted by atomic mass is 9.97. The van der Waals surface area contributed by atoms with Gasteiger partial charge in [-0.15, -0.1) is 0 Å². The molecule has 0 amide bonds. The quantitative estimate of drug-likeness (QED) is 0.668. The topological polar surface area (TPSA) is 47.3 Å². The summed E-state index contributed by atoms with van der Waals surface area (Å²) in [5, 5.41) is 0. The molecule has 2 aromatic carbocycles. The van der Waals surface area contributed by atoms with Crippen LogP contribution < -0.4 is 16.0 Å². The number of aryl methyl sites for hydroxylation is 1. The van der Waals surface area contributed by atoms with Crippen LogP contribution >= 0.6 is 0 Å². The fraction of sp³-hybridized carbons (Fsp3) is 0.200. The maximum absolute atomic E-state index is 14.1. The van der Waals surface area contributed by atoms with Crippen LogP contribution in [0.3, 0.4) is 0 Å². The molecule has 3 N–H and O–H groups in total. The molecule has 5 heteroatoms. The molecular weight excluding hydrogens is 262 g/mol. The van der Waals surface area contributed by atoms with Crippen molar-refractivity contribution in [2.45, 2.75) is 13.0 Å². The Morgan fingerprint density at radius 3 is 2.50 bits per heavy atom. The molecule has 1 atom stereocenters. The van der Waals surface area contributed by atoms with Gasteiger partial charge in [0.25, 0.3) is 0 Å². The molecule has 20 heavy (non-hydrogen) atoms. The van der Waals surface area contributed by atoms with Crippen molar-refractivity contribution in [2.75, 3.05) is 7.11 Å². The number of benzene rings is 2. The third-order valence-corrected chi connectivity index (χ3v) is 3.22. The third-order valence-electron chi connectivity index (χ3n) is 3.22. The Bertz CT molecular complexity index is 617. The van der Waals surface area contributed by atoms with Gasteiger partial charge in [0.2, 0.25) is 0 Å². The van der Waals surface area contributed by atoms with E-state index < -0.39 is 11.9 Å². The summed E-state index contributed by atoms with van der Waals surface area (Å²) in [5.41, 5.74) is 3.81. The van der Waals surface area contributed by atoms with Crippen molar-refractivity contribution in [3.05, 3.63) is 64.7 Å². The number of hydrogen-bond acceptors (Lipinski definition) is 3. The van der Waals surface area contributed by atoms with Crippen molar-refractivity contribution in [3.63, 3.8) is 0 Å². The van der Waals surface area contributed by atoms with Gasteiger partial charge >= 0.3 is 0 Å². The van der Waals surface area contributed by atoms with E-state index in [0.717, 1.165) is 0 Å². The predicted molar refractivity (Wildman–Crippen MR) is 73.3 cm³/mol. The Balaban J connectivity index is 2.55. The lowest BCUT2D eigenvalue weighted by molar-refractivity contribution is 0.397. The Morgan fingerprint density at radius 2 is 1.90 bits per heavy atom. The van der Waals surface area contributed by atoms with Gasteiger partial charge in [0, 0.05) is 0 Å². The molecule has 0 aromatic heterocycles. The molecule has 106 valence electrons. The van der Waals surface area contributed by atoms with Crippen LogP contribution in [0.2, 0.25) is 0 Å². The minimum atomic E-state index is -0.693. The van der Waals surface area contributed by atoms with Crippen LogP contribution in [0, 0.1) is 18.6 Å². The van der Waals surface area contributed by atoms with Crippen LogP contribution in [0.1, 0.15) is 22.7 Å². The second kappa shape index (κ2) is 5.98. The number of ether oxygens (including phenoxy) is 1. The van der Waals surface area contributed by atoms with Gasteiger partial charge in [0.05, 0.1) is 18.7 Å². The number of nitrogens with two attached hydrogens (primary N) is 1. The summed E-state index contributed by atoms with van der Waals surface area (Å²) in [4.78, 5) is 0. The third kappa shape index (κ3) is 2.64. The Kier molecular flexibility index (Phi) is 4.32. The van der Waals surface area contributed by atoms with Crippen molar-refractivity contribution in [2.24, 2.45) is 5.84 Å². The van der Waals surface area contributed by atoms with Gasteiger partial charge in [-0.1, -0.05) is 18.2 Å². The van der Waals surface area contributed by atoms with Crippen LogP contribution in [0.4, 0.5) is 8.78 Å². The first-order chi connectivity index (χ1) is 9.58. The fourth-order valence-electron chi connectivity index (χ4n) is 2.11. The van der Waals surface area contributed by atoms with Crippen molar-refractivity contribution in [3.8, 4) is 5.75 Å². The second-order valence-corrected chi connectivity index (χ2v) is 4.46. The van der Waals surface area contributed by atoms with Crippen molar-refractivity contribution in [1.82, 2.24) is 5.43 Å². The van der Waals surface area contributed by atoms with Crippen LogP contribution in [0.5, 0.6) is 5.75 Å². The zero-order valence-electron chi connectivity index (χ0n) is 11.3. The van der Waals surface area contributed by atoms with E-state index >= 15 is 0 Å². The highest BCUT2D eigenvalue weighted by molar-refractivity contribution is 5.43. The zero-order valence-corrected chi connectivity index (χ0v) is 11.3. The van der Waals surface area contributed by atoms with Crippen LogP contribution in [0.15, 0.2) is 36.4 Å². The molecule has 2 rings (SSSR count). The molecule has 0 aliphatic rings. The molecule has 0 bridgehead atoms. The maximum Gasteiger partial charge on any atom is 0.132 e. The van der Waals surface area contributed by atoms with E-state index in [0.29, 0.717) is 16.9 Å². The average molecular weight is 278 g/mol. The molecule has 0 aliphatic heterocycles. The molecule has 0 heterocycles. The lowest BCUT2D eigenvalue weighted by Gasteiger charge is -2.20. The zero-order chi connectivity index (χ0) is 14.7. The van der Waals surface area contributed by atoms with Crippen LogP contribution in [-0.2, 0) is 0 Å². The first-order valence-electron chi connectivity index (χ1n) is 6.13. The minimum Gasteiger partial charge on any atom is -0.496 e. The number of halogens is 2. The highest BCUT2D eigenvalue weighted by atomic mass is 19.1. The van der Waals surface area contributed by atoms with Crippen LogP contribution in [-0.4, -0.2) is 7.11 Å². The first-order valence-corrected chi connectivity index (χ1v) is 6.13. The van der Waals surface area contributed by atoms with Gasteiger partial charge in [0.15, 0.2) is 0 Å². The van der Waals surface area contributed by atoms with E-state index in [1.807, 2.05) is 0 Å². The fourth-order valence-corrected chi connectivity index (χ4v) is 2.11. The maximum atomic E-state index is 14.1. The molecule has 0 aliphatic carbocycles. The number of methoxy groups -OCH3 is 1. The Hall–Kier alpha value is -1.98. The Labute approximate surface area is 116 Å². The van der Waals surface area contributed by atoms with E-state index in [1.165, 1.54) is 19.2 Å². The monoisotopic (exact) mass is 278 g/mol. The Morgan fingerprint density at radius 1 is 1.15 bits per heavy atom. The van der Waals surface area contributed by atoms with E-state index in [2.05, 4.69) is 5.43 Å². The number of hydrazine groups is 1. The summed E-state index contributed by atoms with van der Waals surface area (Å²) in [6.07, 6.45) is 0. The standard InChI is InChI=1S/C15H16F2N2O/c1-9-6-7-10(8-12(9)17)15(19-18)14-11(16)4-3-5-13(14)20-2/h3-8,15,19H,18H2,1-2H3. The number of hydrogen-bond donors (Lipinski definition) is 2. The second-order valence-electron chi connectivity index (χ2n) is 4.46. The summed E-state index contributed by atoms with van der Waals surface area (Å²) in [6.45, 7) is 1.66. The van der Waals surface area contributed by atoms with Gasteiger partial charge in [-0.3, -0.25) is 5.84 Å². The van der Waals surface area contributed by atoms with E-state index in [9.17, 15) is 8.78 Å². The molecule has 1 unspecified atom stereocenters. The SMILES string of the molecule is COc1cccc(F)c1C(NN)c1ccc(C)c(F)c1. The van der Waals surface area contributed by atoms with Gasteiger partial charge in [-0.25, -0.2) is 14.2 Å². The van der Waals surface area contributed by atoms with E-state index in [1.54, 1.807) is 31.2 Å². The molecule has 0 radical (unpaired) electrons. The van der Waals surface area contributed by atoms with Gasteiger partial charge < -0.3 is 4.74 Å². The average Bonchev–Trinajstić information content (AvgIpc) is 2.45. The molecule has 3 nitrogen and oxygen atoms in total. The molecule has 2 aromatic rings. The molecule has 0 spiro atoms. The molecule has 0 saturated heterocycles. The van der Waals surface area contributed by atoms with Crippen molar-refractivity contribution in [1.29, 1.82) is 0 Å². The first kappa shape index (κ1) is 14.4. The van der Waals surface area contributed by atoms with Crippen LogP contribution in [0.25, 0.3) is 0 Å². The summed E-state index contributed by atoms with van der Waals surface area (Å²) in [5.74, 6) is 5.05. The summed E-state index contributed by atoms with van der Waals surface area (Å²) in [6, 6.07) is 8.46. The smallest absolute Gasteiger partial charge is 0.132 e. The normalized spacial score (nSPS) is 12.2. The van der Waals surface area contributed by atoms with E-state index in [4.69, 9.17) is 10.6 Å². The van der Waals surface area contributed by atoms with Gasteiger partial charge in [0.1, 0.15) is 17.4 Å². The van der Waals surface area contributed by atoms with Crippen molar-refractivity contribution < 1.29 is 13.5 Å². The highest BCUT2D eigenvalue weighted by Gasteiger charge is 2.21. The van der Waals surface area contributed by atoms with Crippen molar-refractivity contribution >= 4 is 0 Å². The number of nitrogens with one attached hydrogen (secondary N) is 1. The molecule has 0 saturated carbocycles. The summed E-state index contributed by atoms with van der Waals surface area (Å²) < 4.78 is 32.9. The molecule has 0 fully saturated rings. The van der Waals surface area contributed by atoms with Gasteiger partial charge in [-0.2, -0.15) is 0 Å².